The molecule has 0 aliphatic heterocycles. The Morgan fingerprint density at radius 1 is 1.05 bits per heavy atom. The van der Waals surface area contributed by atoms with E-state index in [0.717, 1.165) is 10.8 Å². The van der Waals surface area contributed by atoms with Gasteiger partial charge in [-0.3, -0.25) is 0 Å². The first-order valence-electron chi connectivity index (χ1n) is 5.85. The molecular weight excluding hydrogens is 240 g/mol. The molecule has 1 heterocycles. The van der Waals surface area contributed by atoms with Crippen molar-refractivity contribution < 1.29 is 9.52 Å². The molecule has 0 amide bonds. The standard InChI is InChI=1S/C16H10O3/c17-9-3-4-11-7-8-12-13-5-1-2-6-15(13)19-16(18)14(12)10-11/h1-2,5-8,10,17H,9H2. The van der Waals surface area contributed by atoms with E-state index in [-0.39, 0.29) is 12.2 Å². The van der Waals surface area contributed by atoms with Crippen LogP contribution in [0.1, 0.15) is 5.56 Å². The highest BCUT2D eigenvalue weighted by Gasteiger charge is 2.06. The lowest BCUT2D eigenvalue weighted by molar-refractivity contribution is 0.350. The quantitative estimate of drug-likeness (QED) is 0.378. The minimum atomic E-state index is -0.374. The first-order chi connectivity index (χ1) is 9.29. The van der Waals surface area contributed by atoms with Gasteiger partial charge in [0.1, 0.15) is 12.2 Å². The largest absolute Gasteiger partial charge is 0.422 e. The van der Waals surface area contributed by atoms with Crippen LogP contribution < -0.4 is 5.63 Å². The monoisotopic (exact) mass is 250 g/mol. The summed E-state index contributed by atoms with van der Waals surface area (Å²) in [7, 11) is 0. The molecule has 92 valence electrons. The summed E-state index contributed by atoms with van der Waals surface area (Å²) in [4.78, 5) is 12.0. The molecule has 2 aromatic carbocycles. The van der Waals surface area contributed by atoms with Crippen LogP contribution in [-0.2, 0) is 0 Å². The first-order valence-corrected chi connectivity index (χ1v) is 5.85. The summed E-state index contributed by atoms with van der Waals surface area (Å²) < 4.78 is 5.28. The number of aliphatic hydroxyl groups excluding tert-OH is 1. The van der Waals surface area contributed by atoms with Crippen molar-refractivity contribution in [3.8, 4) is 11.8 Å². The van der Waals surface area contributed by atoms with Crippen molar-refractivity contribution in [2.45, 2.75) is 0 Å². The molecule has 0 atom stereocenters. The maximum absolute atomic E-state index is 12.0. The van der Waals surface area contributed by atoms with E-state index < -0.39 is 0 Å². The molecule has 3 nitrogen and oxygen atoms in total. The molecule has 0 fully saturated rings. The third kappa shape index (κ3) is 1.99. The van der Waals surface area contributed by atoms with Crippen LogP contribution in [0, 0.1) is 11.8 Å². The van der Waals surface area contributed by atoms with Crippen LogP contribution in [-0.4, -0.2) is 11.7 Å². The SMILES string of the molecule is O=c1oc2ccccc2c2ccc(C#CCO)cc12. The van der Waals surface area contributed by atoms with Crippen LogP contribution in [0.3, 0.4) is 0 Å². The third-order valence-electron chi connectivity index (χ3n) is 2.93. The summed E-state index contributed by atoms with van der Waals surface area (Å²) in [5.41, 5.74) is 0.889. The summed E-state index contributed by atoms with van der Waals surface area (Å²) in [6.45, 7) is -0.204. The molecule has 3 rings (SSSR count). The zero-order chi connectivity index (χ0) is 13.2. The summed E-state index contributed by atoms with van der Waals surface area (Å²) in [6, 6.07) is 12.8. The van der Waals surface area contributed by atoms with E-state index in [2.05, 4.69) is 11.8 Å². The molecule has 19 heavy (non-hydrogen) atoms. The van der Waals surface area contributed by atoms with E-state index in [1.165, 1.54) is 0 Å². The number of fused-ring (bicyclic) bond motifs is 3. The van der Waals surface area contributed by atoms with Crippen molar-refractivity contribution in [1.29, 1.82) is 0 Å². The van der Waals surface area contributed by atoms with Gasteiger partial charge in [0.05, 0.1) is 5.39 Å². The van der Waals surface area contributed by atoms with Crippen molar-refractivity contribution >= 4 is 21.7 Å². The van der Waals surface area contributed by atoms with E-state index in [9.17, 15) is 4.79 Å². The van der Waals surface area contributed by atoms with Gasteiger partial charge in [0, 0.05) is 16.3 Å². The maximum Gasteiger partial charge on any atom is 0.344 e. The molecule has 3 heteroatoms. The smallest absolute Gasteiger partial charge is 0.344 e. The van der Waals surface area contributed by atoms with Gasteiger partial charge < -0.3 is 9.52 Å². The van der Waals surface area contributed by atoms with Gasteiger partial charge in [-0.05, 0) is 18.2 Å². The third-order valence-corrected chi connectivity index (χ3v) is 2.93. The van der Waals surface area contributed by atoms with Crippen LogP contribution in [0.4, 0.5) is 0 Å². The van der Waals surface area contributed by atoms with Gasteiger partial charge in [0.2, 0.25) is 0 Å². The van der Waals surface area contributed by atoms with Crippen LogP contribution in [0.15, 0.2) is 51.7 Å². The van der Waals surface area contributed by atoms with Gasteiger partial charge in [0.15, 0.2) is 0 Å². The van der Waals surface area contributed by atoms with Gasteiger partial charge >= 0.3 is 5.63 Å². The Labute approximate surface area is 109 Å². The van der Waals surface area contributed by atoms with E-state index in [1.54, 1.807) is 12.1 Å². The molecule has 0 unspecified atom stereocenters. The fourth-order valence-corrected chi connectivity index (χ4v) is 2.10. The molecule has 0 radical (unpaired) electrons. The van der Waals surface area contributed by atoms with Crippen LogP contribution >= 0.6 is 0 Å². The van der Waals surface area contributed by atoms with Gasteiger partial charge in [-0.1, -0.05) is 36.1 Å². The number of para-hydroxylation sites is 1. The normalized spacial score (nSPS) is 10.4. The van der Waals surface area contributed by atoms with E-state index >= 15 is 0 Å². The lowest BCUT2D eigenvalue weighted by Gasteiger charge is -2.02. The molecule has 3 aromatic rings. The van der Waals surface area contributed by atoms with Gasteiger partial charge in [0.25, 0.3) is 0 Å². The second-order valence-corrected chi connectivity index (χ2v) is 4.11. The molecule has 0 saturated heterocycles. The summed E-state index contributed by atoms with van der Waals surface area (Å²) in [5, 5.41) is 10.9. The van der Waals surface area contributed by atoms with Gasteiger partial charge in [-0.2, -0.15) is 0 Å². The molecule has 0 saturated carbocycles. The highest BCUT2D eigenvalue weighted by atomic mass is 16.4. The Kier molecular flexibility index (Phi) is 2.79. The van der Waals surface area contributed by atoms with E-state index in [0.29, 0.717) is 16.5 Å². The van der Waals surface area contributed by atoms with Crippen LogP contribution in [0.5, 0.6) is 0 Å². The average molecular weight is 250 g/mol. The zero-order valence-corrected chi connectivity index (χ0v) is 10.0. The second kappa shape index (κ2) is 4.60. The highest BCUT2D eigenvalue weighted by Crippen LogP contribution is 2.22. The Hall–Kier alpha value is -2.57. The predicted molar refractivity (Wildman–Crippen MR) is 74.0 cm³/mol. The van der Waals surface area contributed by atoms with Crippen molar-refractivity contribution in [3.63, 3.8) is 0 Å². The molecule has 1 N–H and O–H groups in total. The maximum atomic E-state index is 12.0. The lowest BCUT2D eigenvalue weighted by atomic mass is 10.1. The zero-order valence-electron chi connectivity index (χ0n) is 10.0. The second-order valence-electron chi connectivity index (χ2n) is 4.11. The van der Waals surface area contributed by atoms with Crippen LogP contribution in [0.25, 0.3) is 21.7 Å². The molecular formula is C16H10O3. The summed E-state index contributed by atoms with van der Waals surface area (Å²) in [6.07, 6.45) is 0. The average Bonchev–Trinajstić information content (AvgIpc) is 2.45. The van der Waals surface area contributed by atoms with Gasteiger partial charge in [-0.15, -0.1) is 0 Å². The fraction of sp³-hybridized carbons (Fsp3) is 0.0625. The Morgan fingerprint density at radius 3 is 2.74 bits per heavy atom. The number of aliphatic hydroxyl groups is 1. The highest BCUT2D eigenvalue weighted by molar-refractivity contribution is 6.04. The number of rotatable bonds is 0. The lowest BCUT2D eigenvalue weighted by Crippen LogP contribution is -2.00. The predicted octanol–water partition coefficient (Wildman–Crippen LogP) is 2.29. The Morgan fingerprint density at radius 2 is 1.89 bits per heavy atom. The van der Waals surface area contributed by atoms with Crippen molar-refractivity contribution in [1.82, 2.24) is 0 Å². The Balaban J connectivity index is 2.38. The topological polar surface area (TPSA) is 50.4 Å². The minimum absolute atomic E-state index is 0.204. The van der Waals surface area contributed by atoms with E-state index in [1.807, 2.05) is 30.3 Å². The number of hydrogen-bond donors (Lipinski definition) is 1. The molecule has 0 aliphatic rings. The molecule has 0 bridgehead atoms. The van der Waals surface area contributed by atoms with Crippen LogP contribution in [0.2, 0.25) is 0 Å². The minimum Gasteiger partial charge on any atom is -0.422 e. The fourth-order valence-electron chi connectivity index (χ4n) is 2.10. The molecule has 0 aliphatic carbocycles. The van der Waals surface area contributed by atoms with E-state index in [4.69, 9.17) is 9.52 Å². The first kappa shape index (κ1) is 11.5. The number of benzene rings is 2. The summed E-state index contributed by atoms with van der Waals surface area (Å²) >= 11 is 0. The van der Waals surface area contributed by atoms with Crippen molar-refractivity contribution in [2.75, 3.05) is 6.61 Å². The molecule has 1 aromatic heterocycles. The molecule has 0 spiro atoms. The van der Waals surface area contributed by atoms with Gasteiger partial charge in [-0.25, -0.2) is 4.79 Å². The van der Waals surface area contributed by atoms with Crippen molar-refractivity contribution in [2.24, 2.45) is 0 Å². The Bertz CT molecular complexity index is 879. The summed E-state index contributed by atoms with van der Waals surface area (Å²) in [5.74, 6) is 5.34. The van der Waals surface area contributed by atoms with Crippen molar-refractivity contribution in [3.05, 3.63) is 58.4 Å². The number of hydrogen-bond acceptors (Lipinski definition) is 3.